The Balaban J connectivity index is 1.53. The number of hydrogen-bond acceptors (Lipinski definition) is 7. The Morgan fingerprint density at radius 3 is 2.56 bits per heavy atom. The Labute approximate surface area is 235 Å². The average Bonchev–Trinajstić information content (AvgIpc) is 3.35. The lowest BCUT2D eigenvalue weighted by Gasteiger charge is -2.35. The van der Waals surface area contributed by atoms with Gasteiger partial charge in [-0.25, -0.2) is 0 Å². The Hall–Kier alpha value is -2.78. The van der Waals surface area contributed by atoms with Crippen LogP contribution in [-0.4, -0.2) is 83.2 Å². The van der Waals surface area contributed by atoms with Gasteiger partial charge in [-0.15, -0.1) is 11.8 Å². The van der Waals surface area contributed by atoms with Crippen LogP contribution in [0, 0.1) is 11.8 Å². The molecule has 2 amide bonds. The molecule has 5 atom stereocenters. The molecule has 1 spiro atoms. The molecule has 4 aliphatic rings. The van der Waals surface area contributed by atoms with Crippen LogP contribution in [0.2, 0.25) is 0 Å². The maximum atomic E-state index is 14.4. The van der Waals surface area contributed by atoms with E-state index in [9.17, 15) is 19.5 Å². The van der Waals surface area contributed by atoms with Crippen LogP contribution >= 0.6 is 11.8 Å². The highest BCUT2D eigenvalue weighted by atomic mass is 32.2. The maximum Gasteiger partial charge on any atom is 0.311 e. The van der Waals surface area contributed by atoms with Crippen LogP contribution in [0.1, 0.15) is 39.5 Å². The summed E-state index contributed by atoms with van der Waals surface area (Å²) in [6.07, 6.45) is 10.8. The molecule has 0 radical (unpaired) electrons. The molecule has 9 heteroatoms. The number of rotatable bonds is 8. The number of anilines is 2. The predicted molar refractivity (Wildman–Crippen MR) is 154 cm³/mol. The quantitative estimate of drug-likeness (QED) is 0.300. The molecule has 39 heavy (non-hydrogen) atoms. The van der Waals surface area contributed by atoms with E-state index in [1.54, 1.807) is 21.6 Å². The number of nitrogens with zero attached hydrogens (tertiary/aromatic N) is 3. The number of esters is 1. The number of amides is 2. The first-order valence-corrected chi connectivity index (χ1v) is 15.1. The van der Waals surface area contributed by atoms with Crippen LogP contribution in [-0.2, 0) is 19.1 Å². The van der Waals surface area contributed by atoms with Crippen LogP contribution in [0.25, 0.3) is 0 Å². The lowest BCUT2D eigenvalue weighted by molar-refractivity contribution is -0.153. The number of likely N-dealkylation sites (tertiary alicyclic amines) is 1. The van der Waals surface area contributed by atoms with E-state index in [4.69, 9.17) is 4.74 Å². The van der Waals surface area contributed by atoms with Gasteiger partial charge in [-0.05, 0) is 63.8 Å². The molecule has 0 saturated carbocycles. The molecule has 5 rings (SSSR count). The number of hydrogen-bond donors (Lipinski definition) is 1. The van der Waals surface area contributed by atoms with Gasteiger partial charge < -0.3 is 24.5 Å². The number of cyclic esters (lactones) is 1. The molecule has 4 aliphatic heterocycles. The van der Waals surface area contributed by atoms with E-state index in [2.05, 4.69) is 24.8 Å². The van der Waals surface area contributed by atoms with Crippen molar-refractivity contribution >= 4 is 40.9 Å². The molecule has 1 N–H and O–H groups in total. The number of fused-ring (bicyclic) bond motifs is 2. The number of aliphatic hydroxyl groups excluding tert-OH is 1. The fourth-order valence-electron chi connectivity index (χ4n) is 6.55. The highest BCUT2D eigenvalue weighted by molar-refractivity contribution is 8.02. The molecule has 2 saturated heterocycles. The highest BCUT2D eigenvalue weighted by Crippen LogP contribution is 2.60. The fourth-order valence-corrected chi connectivity index (χ4v) is 8.55. The normalized spacial score (nSPS) is 31.0. The third-order valence-corrected chi connectivity index (χ3v) is 10.2. The van der Waals surface area contributed by atoms with Gasteiger partial charge in [0.05, 0.1) is 23.2 Å². The van der Waals surface area contributed by atoms with Crippen LogP contribution in [0.3, 0.4) is 0 Å². The Bertz CT molecular complexity index is 1130. The summed E-state index contributed by atoms with van der Waals surface area (Å²) < 4.78 is 4.76. The van der Waals surface area contributed by atoms with Crippen molar-refractivity contribution in [2.24, 2.45) is 11.8 Å². The van der Waals surface area contributed by atoms with Crippen LogP contribution in [0.4, 0.5) is 11.4 Å². The monoisotopic (exact) mass is 553 g/mol. The molecule has 1 aromatic carbocycles. The van der Waals surface area contributed by atoms with E-state index >= 15 is 0 Å². The molecule has 1 aromatic rings. The molecule has 0 aliphatic carbocycles. The zero-order valence-corrected chi connectivity index (χ0v) is 23.6. The van der Waals surface area contributed by atoms with E-state index < -0.39 is 22.6 Å². The average molecular weight is 554 g/mol. The van der Waals surface area contributed by atoms with Crippen LogP contribution < -0.4 is 9.80 Å². The fraction of sp³-hybridized carbons (Fsp3) is 0.567. The predicted octanol–water partition coefficient (Wildman–Crippen LogP) is 3.40. The molecule has 8 nitrogen and oxygen atoms in total. The second kappa shape index (κ2) is 11.8. The van der Waals surface area contributed by atoms with E-state index in [1.165, 1.54) is 0 Å². The summed E-state index contributed by atoms with van der Waals surface area (Å²) in [6, 6.07) is 7.29. The van der Waals surface area contributed by atoms with Gasteiger partial charge in [-0.2, -0.15) is 0 Å². The van der Waals surface area contributed by atoms with E-state index in [0.717, 1.165) is 37.3 Å². The van der Waals surface area contributed by atoms with Crippen molar-refractivity contribution in [3.8, 4) is 0 Å². The van der Waals surface area contributed by atoms with Gasteiger partial charge in [0.15, 0.2) is 0 Å². The maximum absolute atomic E-state index is 14.4. The summed E-state index contributed by atoms with van der Waals surface area (Å²) in [7, 11) is 0. The summed E-state index contributed by atoms with van der Waals surface area (Å²) in [5, 5.41) is 9.16. The van der Waals surface area contributed by atoms with Crippen molar-refractivity contribution < 1.29 is 24.2 Å². The van der Waals surface area contributed by atoms with Gasteiger partial charge in [-0.3, -0.25) is 14.4 Å². The zero-order chi connectivity index (χ0) is 27.6. The van der Waals surface area contributed by atoms with Crippen LogP contribution in [0.15, 0.2) is 48.6 Å². The number of benzene rings is 1. The Kier molecular flexibility index (Phi) is 8.38. The summed E-state index contributed by atoms with van der Waals surface area (Å²) in [6.45, 7) is 7.14. The number of allylic oxidation sites excluding steroid dienone is 1. The highest BCUT2D eigenvalue weighted by Gasteiger charge is 2.70. The molecule has 2 fully saturated rings. The van der Waals surface area contributed by atoms with Gasteiger partial charge in [0.1, 0.15) is 6.04 Å². The molecular weight excluding hydrogens is 514 g/mol. The van der Waals surface area contributed by atoms with Gasteiger partial charge in [0.25, 0.3) is 5.91 Å². The molecule has 210 valence electrons. The minimum Gasteiger partial charge on any atom is -0.465 e. The number of carbonyl (C=O) groups is 3. The van der Waals surface area contributed by atoms with Gasteiger partial charge in [-0.1, -0.05) is 24.3 Å². The van der Waals surface area contributed by atoms with Crippen LogP contribution in [0.5, 0.6) is 0 Å². The SMILES string of the molecule is CCN(CC)c1ccc(N2CC=C[C@]34S[C@H]5/C=C\CCCOC(=O)[C@H]5[C@H]3C(=O)N(CCCCO)C4C2=O)cc1. The first-order valence-electron chi connectivity index (χ1n) is 14.2. The number of thioether (sulfide) groups is 1. The molecular formula is C30H39N3O5S. The zero-order valence-electron chi connectivity index (χ0n) is 22.8. The number of carbonyl (C=O) groups excluding carboxylic acids is 3. The minimum absolute atomic E-state index is 0.0245. The summed E-state index contributed by atoms with van der Waals surface area (Å²) >= 11 is 1.57. The second-order valence-corrected chi connectivity index (χ2v) is 12.1. The topological polar surface area (TPSA) is 90.4 Å². The molecule has 1 unspecified atom stereocenters. The molecule has 4 heterocycles. The lowest BCUT2D eigenvalue weighted by Crippen LogP contribution is -2.53. The summed E-state index contributed by atoms with van der Waals surface area (Å²) in [5.74, 6) is -1.96. The third-order valence-electron chi connectivity index (χ3n) is 8.45. The first kappa shape index (κ1) is 27.8. The third kappa shape index (κ3) is 4.88. The van der Waals surface area contributed by atoms with Gasteiger partial charge in [0, 0.05) is 49.4 Å². The lowest BCUT2D eigenvalue weighted by atomic mass is 9.78. The van der Waals surface area contributed by atoms with Gasteiger partial charge in [0.2, 0.25) is 5.91 Å². The van der Waals surface area contributed by atoms with Gasteiger partial charge >= 0.3 is 5.97 Å². The first-order chi connectivity index (χ1) is 19.0. The van der Waals surface area contributed by atoms with E-state index in [-0.39, 0.29) is 29.6 Å². The second-order valence-electron chi connectivity index (χ2n) is 10.6. The number of ether oxygens (including phenoxy) is 1. The smallest absolute Gasteiger partial charge is 0.311 e. The Morgan fingerprint density at radius 1 is 1.08 bits per heavy atom. The van der Waals surface area contributed by atoms with Crippen molar-refractivity contribution in [1.82, 2.24) is 4.90 Å². The van der Waals surface area contributed by atoms with Crippen molar-refractivity contribution in [2.45, 2.75) is 55.6 Å². The number of aliphatic hydroxyl groups is 1. The summed E-state index contributed by atoms with van der Waals surface area (Å²) in [4.78, 5) is 47.6. The van der Waals surface area contributed by atoms with Crippen molar-refractivity contribution in [3.63, 3.8) is 0 Å². The Morgan fingerprint density at radius 2 is 1.85 bits per heavy atom. The number of unbranched alkanes of at least 4 members (excludes halogenated alkanes) is 1. The van der Waals surface area contributed by atoms with Crippen molar-refractivity contribution in [2.75, 3.05) is 49.2 Å². The minimum atomic E-state index is -0.860. The molecule has 0 aromatic heterocycles. The standard InChI is InChI=1S/C30H39N3O5S/c1-3-31(4-2)21-12-14-22(15-13-21)32-18-10-16-30-25(24-23(39-30)11-6-5-9-20-38-29(24)37)27(35)33(17-7-8-19-34)26(30)28(32)36/h6,10-16,23-26,34H,3-5,7-9,17-20H2,1-2H3/b11-6-/t23-,24+,25-,26?,30-/m0/s1. The summed E-state index contributed by atoms with van der Waals surface area (Å²) in [5.41, 5.74) is 1.89. The van der Waals surface area contributed by atoms with Crippen molar-refractivity contribution in [3.05, 3.63) is 48.6 Å². The van der Waals surface area contributed by atoms with E-state index in [0.29, 0.717) is 32.5 Å². The van der Waals surface area contributed by atoms with Crippen molar-refractivity contribution in [1.29, 1.82) is 0 Å². The largest absolute Gasteiger partial charge is 0.465 e. The molecule has 0 bridgehead atoms. The van der Waals surface area contributed by atoms with E-state index in [1.807, 2.05) is 42.5 Å².